The van der Waals surface area contributed by atoms with Gasteiger partial charge in [0.1, 0.15) is 6.04 Å². The van der Waals surface area contributed by atoms with Crippen LogP contribution < -0.4 is 11.1 Å². The third-order valence-corrected chi connectivity index (χ3v) is 3.36. The van der Waals surface area contributed by atoms with Crippen LogP contribution in [0.25, 0.3) is 0 Å². The lowest BCUT2D eigenvalue weighted by Crippen LogP contribution is -2.61. The van der Waals surface area contributed by atoms with Crippen LogP contribution in [-0.2, 0) is 9.59 Å². The number of carbonyl (C=O) groups excluding carboxylic acids is 2. The van der Waals surface area contributed by atoms with E-state index < -0.39 is 0 Å². The number of ketones is 1. The molecule has 2 atom stereocenters. The molecule has 6 nitrogen and oxygen atoms in total. The number of hydrogen-bond donors (Lipinski definition) is 2. The Kier molecular flexibility index (Phi) is 5.95. The predicted octanol–water partition coefficient (Wildman–Crippen LogP) is -0.0784. The zero-order chi connectivity index (χ0) is 14.4. The molecule has 1 aliphatic rings. The average molecular weight is 268 g/mol. The van der Waals surface area contributed by atoms with Crippen molar-refractivity contribution in [1.29, 1.82) is 0 Å². The summed E-state index contributed by atoms with van der Waals surface area (Å²) >= 11 is 0. The Balaban J connectivity index is 2.47. The maximum absolute atomic E-state index is 12.0. The molecule has 1 amide bonds. The first kappa shape index (κ1) is 15.6. The molecule has 1 saturated heterocycles. The molecule has 1 rings (SSSR count). The topological polar surface area (TPSA) is 87.8 Å². The second-order valence-electron chi connectivity index (χ2n) is 5.00. The fourth-order valence-electron chi connectivity index (χ4n) is 2.25. The van der Waals surface area contributed by atoms with E-state index in [0.717, 1.165) is 12.8 Å². The van der Waals surface area contributed by atoms with Gasteiger partial charge >= 0.3 is 0 Å². The quantitative estimate of drug-likeness (QED) is 0.401. The van der Waals surface area contributed by atoms with Gasteiger partial charge in [0.05, 0.1) is 11.9 Å². The molecule has 0 aromatic rings. The first-order chi connectivity index (χ1) is 8.95. The van der Waals surface area contributed by atoms with Crippen molar-refractivity contribution >= 4 is 17.5 Å². The molecule has 1 fully saturated rings. The highest BCUT2D eigenvalue weighted by atomic mass is 16.2. The molecule has 19 heavy (non-hydrogen) atoms. The number of amides is 1. The van der Waals surface area contributed by atoms with Gasteiger partial charge in [-0.2, -0.15) is 0 Å². The Morgan fingerprint density at radius 1 is 1.58 bits per heavy atom. The van der Waals surface area contributed by atoms with Crippen LogP contribution in [-0.4, -0.2) is 54.6 Å². The fraction of sp³-hybridized carbons (Fsp3) is 0.769. The summed E-state index contributed by atoms with van der Waals surface area (Å²) in [6, 6.07) is -0.530. The van der Waals surface area contributed by atoms with Crippen LogP contribution in [0.1, 0.15) is 33.1 Å². The van der Waals surface area contributed by atoms with Crippen molar-refractivity contribution in [2.45, 2.75) is 45.2 Å². The molecule has 1 heterocycles. The molecular weight excluding hydrogens is 244 g/mol. The molecule has 108 valence electrons. The molecule has 0 aliphatic carbocycles. The van der Waals surface area contributed by atoms with Crippen LogP contribution in [0.3, 0.4) is 0 Å². The molecule has 0 radical (unpaired) electrons. The summed E-state index contributed by atoms with van der Waals surface area (Å²) in [6.45, 7) is 4.79. The van der Waals surface area contributed by atoms with Crippen LogP contribution in [0.4, 0.5) is 0 Å². The van der Waals surface area contributed by atoms with E-state index in [1.54, 1.807) is 6.92 Å². The maximum Gasteiger partial charge on any atom is 0.237 e. The van der Waals surface area contributed by atoms with Gasteiger partial charge in [0.25, 0.3) is 0 Å². The number of carbonyl (C=O) groups is 2. The molecule has 0 bridgehead atoms. The number of hydrogen-bond acceptors (Lipinski definition) is 4. The number of likely N-dealkylation sites (N-methyl/N-ethyl adjacent to an activating group) is 1. The molecule has 6 heteroatoms. The molecule has 3 N–H and O–H groups in total. The van der Waals surface area contributed by atoms with Gasteiger partial charge in [-0.1, -0.05) is 6.92 Å². The van der Waals surface area contributed by atoms with Gasteiger partial charge in [-0.05, 0) is 26.8 Å². The highest BCUT2D eigenvalue weighted by molar-refractivity contribution is 5.92. The van der Waals surface area contributed by atoms with Crippen molar-refractivity contribution in [2.24, 2.45) is 10.7 Å². The summed E-state index contributed by atoms with van der Waals surface area (Å²) < 4.78 is 0. The van der Waals surface area contributed by atoms with E-state index in [2.05, 4.69) is 10.3 Å². The average Bonchev–Trinajstić information content (AvgIpc) is 2.35. The Bertz CT molecular complexity index is 364. The van der Waals surface area contributed by atoms with Gasteiger partial charge in [0, 0.05) is 19.5 Å². The summed E-state index contributed by atoms with van der Waals surface area (Å²) in [4.78, 5) is 29.7. The van der Waals surface area contributed by atoms with Crippen LogP contribution in [0.2, 0.25) is 0 Å². The van der Waals surface area contributed by atoms with Crippen molar-refractivity contribution in [3.8, 4) is 0 Å². The monoisotopic (exact) mass is 268 g/mol. The molecule has 0 aromatic carbocycles. The summed E-state index contributed by atoms with van der Waals surface area (Å²) in [6.07, 6.45) is 1.99. The van der Waals surface area contributed by atoms with Crippen molar-refractivity contribution < 1.29 is 9.59 Å². The second kappa shape index (κ2) is 7.23. The molecule has 0 saturated carbocycles. The number of nitrogens with one attached hydrogen (secondary N) is 1. The second-order valence-corrected chi connectivity index (χ2v) is 5.00. The van der Waals surface area contributed by atoms with Crippen LogP contribution in [0, 0.1) is 0 Å². The lowest BCUT2D eigenvalue weighted by Gasteiger charge is -2.36. The highest BCUT2D eigenvalue weighted by Crippen LogP contribution is 2.12. The number of amidine groups is 1. The van der Waals surface area contributed by atoms with Crippen LogP contribution in [0.15, 0.2) is 4.99 Å². The minimum atomic E-state index is -0.358. The first-order valence-electron chi connectivity index (χ1n) is 6.75. The summed E-state index contributed by atoms with van der Waals surface area (Å²) in [7, 11) is 1.89. The zero-order valence-electron chi connectivity index (χ0n) is 12.0. The van der Waals surface area contributed by atoms with Crippen molar-refractivity contribution in [3.05, 3.63) is 0 Å². The zero-order valence-corrected chi connectivity index (χ0v) is 12.0. The SMILES string of the molecule is CCC(=O)C1CN(C)C(CCCN=C(C)N)C(=O)N1. The minimum absolute atomic E-state index is 0.0611. The van der Waals surface area contributed by atoms with Gasteiger partial charge in [-0.3, -0.25) is 19.5 Å². The number of piperazine rings is 1. The van der Waals surface area contributed by atoms with Gasteiger partial charge in [0.2, 0.25) is 5.91 Å². The van der Waals surface area contributed by atoms with Gasteiger partial charge in [0.15, 0.2) is 5.78 Å². The van der Waals surface area contributed by atoms with Crippen LogP contribution in [0.5, 0.6) is 0 Å². The Labute approximate surface area is 114 Å². The standard InChI is InChI=1S/C13H24N4O2/c1-4-12(18)10-8-17(3)11(13(19)16-10)6-5-7-15-9(2)14/h10-11H,4-8H2,1-3H3,(H2,14,15)(H,16,19). The maximum atomic E-state index is 12.0. The fourth-order valence-corrected chi connectivity index (χ4v) is 2.25. The number of nitrogens with zero attached hydrogens (tertiary/aromatic N) is 2. The largest absolute Gasteiger partial charge is 0.388 e. The van der Waals surface area contributed by atoms with Crippen molar-refractivity contribution in [2.75, 3.05) is 20.1 Å². The lowest BCUT2D eigenvalue weighted by atomic mass is 10.0. The van der Waals surface area contributed by atoms with Gasteiger partial charge in [-0.25, -0.2) is 0 Å². The molecule has 0 aromatic heterocycles. The Morgan fingerprint density at radius 3 is 2.79 bits per heavy atom. The van der Waals surface area contributed by atoms with Crippen molar-refractivity contribution in [3.63, 3.8) is 0 Å². The number of aliphatic imine (C=N–C) groups is 1. The van der Waals surface area contributed by atoms with E-state index in [-0.39, 0.29) is 23.8 Å². The van der Waals surface area contributed by atoms with Gasteiger partial charge < -0.3 is 11.1 Å². The molecular formula is C13H24N4O2. The number of nitrogens with two attached hydrogens (primary N) is 1. The number of rotatable bonds is 6. The molecule has 2 unspecified atom stereocenters. The van der Waals surface area contributed by atoms with E-state index in [0.29, 0.717) is 25.3 Å². The van der Waals surface area contributed by atoms with E-state index in [1.165, 1.54) is 0 Å². The first-order valence-corrected chi connectivity index (χ1v) is 6.75. The summed E-state index contributed by atoms with van der Waals surface area (Å²) in [5, 5.41) is 2.81. The van der Waals surface area contributed by atoms with E-state index in [9.17, 15) is 9.59 Å². The smallest absolute Gasteiger partial charge is 0.237 e. The van der Waals surface area contributed by atoms with Gasteiger partial charge in [-0.15, -0.1) is 0 Å². The molecule has 0 spiro atoms. The Morgan fingerprint density at radius 2 is 2.26 bits per heavy atom. The van der Waals surface area contributed by atoms with Crippen LogP contribution >= 0.6 is 0 Å². The summed E-state index contributed by atoms with van der Waals surface area (Å²) in [5.41, 5.74) is 5.46. The highest BCUT2D eigenvalue weighted by Gasteiger charge is 2.34. The minimum Gasteiger partial charge on any atom is -0.388 e. The molecule has 1 aliphatic heterocycles. The number of Topliss-reactive ketones (excluding diaryl/α,β-unsaturated/α-hetero) is 1. The van der Waals surface area contributed by atoms with E-state index in [1.807, 2.05) is 18.9 Å². The van der Waals surface area contributed by atoms with Crippen molar-refractivity contribution in [1.82, 2.24) is 10.2 Å². The Hall–Kier alpha value is -1.43. The van der Waals surface area contributed by atoms with E-state index >= 15 is 0 Å². The summed E-state index contributed by atoms with van der Waals surface area (Å²) in [5.74, 6) is 0.589. The van der Waals surface area contributed by atoms with E-state index in [4.69, 9.17) is 5.73 Å². The third-order valence-electron chi connectivity index (χ3n) is 3.36. The lowest BCUT2D eigenvalue weighted by molar-refractivity contribution is -0.135. The normalized spacial score (nSPS) is 25.2. The predicted molar refractivity (Wildman–Crippen MR) is 75.0 cm³/mol. The third kappa shape index (κ3) is 4.63.